The van der Waals surface area contributed by atoms with Crippen LogP contribution in [0.2, 0.25) is 5.82 Å². The number of benzene rings is 6. The Morgan fingerprint density at radius 2 is 0.490 bits per heavy atom. The molecule has 6 aromatic rings. The van der Waals surface area contributed by atoms with E-state index in [4.69, 9.17) is 0 Å². The molecule has 6 heteroatoms. The van der Waals surface area contributed by atoms with Crippen LogP contribution < -0.4 is 31.8 Å². The second kappa shape index (κ2) is 22.5. The number of nitrogens with zero attached hydrogens (tertiary/aromatic N) is 1. The standard InChI is InChI=1S/C42H42NP3.CH3Se.Rh/c1-7-19-37(20-8-1)44(38-21-9-2-10-22-38)34-31-43(32-35-45(39-23-11-3-12-24-39)40-25-13-4-14-26-40)33-36-46(41-27-15-5-16-28-41)42-29-17-6-18-30-42;1-2;/h1-30H,31-36H2;1H3;. The van der Waals surface area contributed by atoms with Crippen molar-refractivity contribution in [1.29, 1.82) is 0 Å². The first-order valence-electron chi connectivity index (χ1n) is 16.6. The van der Waals surface area contributed by atoms with E-state index in [1.54, 1.807) is 0 Å². The van der Waals surface area contributed by atoms with Gasteiger partial charge >= 0.3 is 21.8 Å². The molecule has 0 unspecified atom stereocenters. The summed E-state index contributed by atoms with van der Waals surface area (Å²) in [5, 5.41) is 8.81. The summed E-state index contributed by atoms with van der Waals surface area (Å²) in [7, 11) is -1.33. The van der Waals surface area contributed by atoms with Crippen LogP contribution in [0.4, 0.5) is 0 Å². The first kappa shape index (κ1) is 39.5. The molecule has 6 aromatic carbocycles. The fourth-order valence-corrected chi connectivity index (χ4v) is 13.0. The molecule has 6 rings (SSSR count). The minimum atomic E-state index is -0.442. The molecule has 2 radical (unpaired) electrons. The fraction of sp³-hybridized carbons (Fsp3) is 0.163. The van der Waals surface area contributed by atoms with Crippen molar-refractivity contribution < 1.29 is 19.5 Å². The van der Waals surface area contributed by atoms with Crippen molar-refractivity contribution >= 4 is 71.6 Å². The minimum absolute atomic E-state index is 0. The van der Waals surface area contributed by atoms with Gasteiger partial charge in [-0.2, -0.15) is 0 Å². The first-order valence-corrected chi connectivity index (χ1v) is 22.9. The largest absolute Gasteiger partial charge is 0.302 e. The second-order valence-corrected chi connectivity index (χ2v) is 18.3. The zero-order valence-corrected chi connectivity index (χ0v) is 34.1. The zero-order valence-electron chi connectivity index (χ0n) is 28.1. The van der Waals surface area contributed by atoms with Crippen molar-refractivity contribution in [3.05, 3.63) is 182 Å². The first-order chi connectivity index (χ1) is 23.8. The van der Waals surface area contributed by atoms with Crippen molar-refractivity contribution in [2.75, 3.05) is 38.1 Å². The maximum absolute atomic E-state index is 2.80. The minimum Gasteiger partial charge on any atom is -0.302 e. The van der Waals surface area contributed by atoms with E-state index in [0.717, 1.165) is 38.1 Å². The van der Waals surface area contributed by atoms with Gasteiger partial charge in [0.15, 0.2) is 0 Å². The summed E-state index contributed by atoms with van der Waals surface area (Å²) in [6.45, 7) is 3.28. The molecule has 0 aliphatic rings. The average Bonchev–Trinajstić information content (AvgIpc) is 3.18. The second-order valence-electron chi connectivity index (χ2n) is 11.3. The van der Waals surface area contributed by atoms with E-state index < -0.39 is 23.8 Å². The Balaban J connectivity index is 0.00000177. The third-order valence-electron chi connectivity index (χ3n) is 8.33. The molecule has 0 N–H and O–H groups in total. The summed E-state index contributed by atoms with van der Waals surface area (Å²) in [6, 6.07) is 67.2. The van der Waals surface area contributed by atoms with E-state index in [2.05, 4.69) is 203 Å². The predicted octanol–water partition coefficient (Wildman–Crippen LogP) is 7.89. The van der Waals surface area contributed by atoms with Gasteiger partial charge in [-0.25, -0.2) is 0 Å². The Bertz CT molecular complexity index is 1370. The van der Waals surface area contributed by atoms with E-state index in [9.17, 15) is 0 Å². The average molecular weight is 851 g/mol. The van der Waals surface area contributed by atoms with Crippen LogP contribution in [0, 0.1) is 0 Å². The van der Waals surface area contributed by atoms with Gasteiger partial charge in [-0.05, 0) is 74.1 Å². The topological polar surface area (TPSA) is 3.24 Å². The van der Waals surface area contributed by atoms with Gasteiger partial charge in [0.2, 0.25) is 0 Å². The summed E-state index contributed by atoms with van der Waals surface area (Å²) >= 11 is 2.62. The van der Waals surface area contributed by atoms with Gasteiger partial charge in [0.25, 0.3) is 0 Å². The molecule has 0 heterocycles. The van der Waals surface area contributed by atoms with E-state index in [0.29, 0.717) is 0 Å². The van der Waals surface area contributed by atoms with Crippen LogP contribution in [-0.4, -0.2) is 59.0 Å². The molecule has 0 atom stereocenters. The number of hydrogen-bond acceptors (Lipinski definition) is 1. The Labute approximate surface area is 319 Å². The maximum atomic E-state index is 2.80. The van der Waals surface area contributed by atoms with Gasteiger partial charge in [0.05, 0.1) is 0 Å². The zero-order chi connectivity index (χ0) is 33.2. The molecular weight excluding hydrogens is 805 g/mol. The van der Waals surface area contributed by atoms with Gasteiger partial charge in [-0.1, -0.05) is 182 Å². The van der Waals surface area contributed by atoms with Crippen LogP contribution in [0.1, 0.15) is 0 Å². The number of rotatable bonds is 15. The van der Waals surface area contributed by atoms with Crippen LogP contribution in [0.15, 0.2) is 182 Å². The molecule has 49 heavy (non-hydrogen) atoms. The van der Waals surface area contributed by atoms with Crippen molar-refractivity contribution in [3.63, 3.8) is 0 Å². The molecule has 0 aliphatic carbocycles. The summed E-state index contributed by atoms with van der Waals surface area (Å²) in [6.07, 6.45) is 3.48. The quantitative estimate of drug-likeness (QED) is 0.0752. The molecule has 0 spiro atoms. The molecule has 0 aliphatic heterocycles. The molecule has 0 fully saturated rings. The van der Waals surface area contributed by atoms with Crippen LogP contribution in [0.3, 0.4) is 0 Å². The van der Waals surface area contributed by atoms with Crippen molar-refractivity contribution in [1.82, 2.24) is 4.90 Å². The monoisotopic (exact) mass is 851 g/mol. The summed E-state index contributed by atoms with van der Waals surface area (Å²) in [5.74, 6) is 1.88. The molecule has 0 saturated heterocycles. The third kappa shape index (κ3) is 12.2. The third-order valence-corrected chi connectivity index (χ3v) is 15.8. The van der Waals surface area contributed by atoms with E-state index in [-0.39, 0.29) is 19.5 Å². The van der Waals surface area contributed by atoms with Crippen LogP contribution in [0.25, 0.3) is 0 Å². The molecule has 252 valence electrons. The van der Waals surface area contributed by atoms with E-state index >= 15 is 0 Å². The smallest absolute Gasteiger partial charge is 0.00270 e. The van der Waals surface area contributed by atoms with Crippen LogP contribution in [-0.2, 0) is 19.5 Å². The molecule has 0 bridgehead atoms. The number of hydrogen-bond donors (Lipinski definition) is 0. The summed E-state index contributed by atoms with van der Waals surface area (Å²) in [5.41, 5.74) is 0. The molecule has 0 amide bonds. The van der Waals surface area contributed by atoms with E-state index in [1.165, 1.54) is 31.8 Å². The fourth-order valence-electron chi connectivity index (χ4n) is 5.93. The SMILES string of the molecule is C[Se].[Rh].c1ccc(P(CCN(CCP(c2ccccc2)c2ccccc2)CCP(c2ccccc2)c2ccccc2)c2ccccc2)cc1. The van der Waals surface area contributed by atoms with Crippen LogP contribution in [0.5, 0.6) is 0 Å². The molecule has 0 saturated carbocycles. The van der Waals surface area contributed by atoms with Gasteiger partial charge in [-0.3, -0.25) is 0 Å². The van der Waals surface area contributed by atoms with Crippen molar-refractivity contribution in [2.45, 2.75) is 5.82 Å². The summed E-state index contributed by atoms with van der Waals surface area (Å²) in [4.78, 5) is 2.80. The Morgan fingerprint density at radius 3 is 0.653 bits per heavy atom. The normalized spacial score (nSPS) is 10.9. The van der Waals surface area contributed by atoms with Gasteiger partial charge in [-0.15, -0.1) is 0 Å². The Kier molecular flexibility index (Phi) is 18.1. The Hall–Kier alpha value is -2.29. The Morgan fingerprint density at radius 1 is 0.327 bits per heavy atom. The molecule has 0 aromatic heterocycles. The van der Waals surface area contributed by atoms with E-state index in [1.807, 2.05) is 5.82 Å². The molecular formula is C43H45NP3RhSe. The van der Waals surface area contributed by atoms with Crippen molar-refractivity contribution in [3.8, 4) is 0 Å². The van der Waals surface area contributed by atoms with Gasteiger partial charge in [0, 0.05) is 39.1 Å². The summed E-state index contributed by atoms with van der Waals surface area (Å²) < 4.78 is 0. The molecule has 1 nitrogen and oxygen atoms in total. The van der Waals surface area contributed by atoms with Gasteiger partial charge in [0.1, 0.15) is 0 Å². The predicted molar refractivity (Wildman–Crippen MR) is 220 cm³/mol. The maximum Gasteiger partial charge on any atom is 0.00270 e. The van der Waals surface area contributed by atoms with Gasteiger partial charge < -0.3 is 4.90 Å². The van der Waals surface area contributed by atoms with Crippen LogP contribution >= 0.6 is 23.8 Å². The van der Waals surface area contributed by atoms with Crippen molar-refractivity contribution in [2.24, 2.45) is 0 Å².